The average Bonchev–Trinajstić information content (AvgIpc) is 3.11. The van der Waals surface area contributed by atoms with Crippen LogP contribution in [0.2, 0.25) is 0 Å². The van der Waals surface area contributed by atoms with Gasteiger partial charge in [-0.05, 0) is 29.8 Å². The quantitative estimate of drug-likeness (QED) is 0.744. The van der Waals surface area contributed by atoms with E-state index in [0.29, 0.717) is 28.5 Å². The van der Waals surface area contributed by atoms with Crippen molar-refractivity contribution in [2.24, 2.45) is 5.73 Å². The third-order valence-corrected chi connectivity index (χ3v) is 4.50. The summed E-state index contributed by atoms with van der Waals surface area (Å²) in [5, 5.41) is 16.8. The number of rotatable bonds is 3. The molecule has 0 saturated carbocycles. The van der Waals surface area contributed by atoms with E-state index in [1.54, 1.807) is 19.2 Å². The van der Waals surface area contributed by atoms with Crippen LogP contribution in [0.3, 0.4) is 0 Å². The predicted octanol–water partition coefficient (Wildman–Crippen LogP) is 3.44. The topological polar surface area (TPSA) is 97.0 Å². The number of hydrogen-bond donors (Lipinski definition) is 2. The molecule has 1 unspecified atom stereocenters. The van der Waals surface area contributed by atoms with E-state index in [1.165, 1.54) is 12.1 Å². The summed E-state index contributed by atoms with van der Waals surface area (Å²) in [6.45, 7) is 0. The molecule has 2 aromatic carbocycles. The maximum Gasteiger partial charge on any atom is 0.244 e. The molecule has 7 heteroatoms. The van der Waals surface area contributed by atoms with Crippen molar-refractivity contribution in [3.05, 3.63) is 76.9 Å². The molecule has 0 saturated heterocycles. The number of benzene rings is 2. The number of H-pyrrole nitrogens is 1. The first-order chi connectivity index (χ1) is 13.1. The number of aromatic amines is 1. The van der Waals surface area contributed by atoms with Crippen LogP contribution in [-0.4, -0.2) is 17.3 Å². The van der Waals surface area contributed by atoms with Crippen molar-refractivity contribution >= 4 is 0 Å². The highest BCUT2D eigenvalue weighted by atomic mass is 19.1. The van der Waals surface area contributed by atoms with Gasteiger partial charge >= 0.3 is 0 Å². The van der Waals surface area contributed by atoms with Crippen molar-refractivity contribution in [2.45, 2.75) is 5.92 Å². The van der Waals surface area contributed by atoms with Crippen molar-refractivity contribution in [2.75, 3.05) is 7.11 Å². The Balaban J connectivity index is 1.93. The van der Waals surface area contributed by atoms with Crippen LogP contribution in [0.15, 0.2) is 60.0 Å². The van der Waals surface area contributed by atoms with Gasteiger partial charge in [0.25, 0.3) is 0 Å². The van der Waals surface area contributed by atoms with E-state index in [1.807, 2.05) is 24.3 Å². The smallest absolute Gasteiger partial charge is 0.244 e. The molecule has 0 amide bonds. The van der Waals surface area contributed by atoms with Gasteiger partial charge in [0.05, 0.1) is 24.3 Å². The fourth-order valence-corrected chi connectivity index (χ4v) is 3.23. The number of nitrogens with two attached hydrogens (primary N) is 1. The zero-order valence-corrected chi connectivity index (χ0v) is 14.4. The summed E-state index contributed by atoms with van der Waals surface area (Å²) in [7, 11) is 1.59. The lowest BCUT2D eigenvalue weighted by atomic mass is 9.83. The van der Waals surface area contributed by atoms with Gasteiger partial charge in [0.15, 0.2) is 0 Å². The molecule has 4 rings (SSSR count). The highest BCUT2D eigenvalue weighted by molar-refractivity contribution is 5.71. The van der Waals surface area contributed by atoms with Gasteiger partial charge in [-0.25, -0.2) is 4.39 Å². The SMILES string of the molecule is COc1cccc(-c2[nH]nc3c2C(c2ccc(F)cc2)C(C#N)=C(N)O3)c1. The summed E-state index contributed by atoms with van der Waals surface area (Å²) >= 11 is 0. The summed E-state index contributed by atoms with van der Waals surface area (Å²) in [5.41, 5.74) is 9.07. The molecule has 1 aromatic heterocycles. The summed E-state index contributed by atoms with van der Waals surface area (Å²) in [5.74, 6) is 0.0733. The first kappa shape index (κ1) is 16.7. The third kappa shape index (κ3) is 2.77. The highest BCUT2D eigenvalue weighted by Gasteiger charge is 2.35. The van der Waals surface area contributed by atoms with Gasteiger partial charge in [0.2, 0.25) is 11.8 Å². The fourth-order valence-electron chi connectivity index (χ4n) is 3.23. The monoisotopic (exact) mass is 362 g/mol. The molecule has 3 N–H and O–H groups in total. The number of nitriles is 1. The van der Waals surface area contributed by atoms with Crippen molar-refractivity contribution in [1.29, 1.82) is 5.26 Å². The number of halogens is 1. The molecule has 0 fully saturated rings. The maximum absolute atomic E-state index is 13.4. The number of ether oxygens (including phenoxy) is 2. The minimum atomic E-state index is -0.528. The van der Waals surface area contributed by atoms with E-state index in [4.69, 9.17) is 15.2 Å². The van der Waals surface area contributed by atoms with Gasteiger partial charge < -0.3 is 15.2 Å². The summed E-state index contributed by atoms with van der Waals surface area (Å²) in [6, 6.07) is 15.5. The van der Waals surface area contributed by atoms with Gasteiger partial charge in [0.1, 0.15) is 23.2 Å². The molecular formula is C20H15FN4O2. The number of aromatic nitrogens is 2. The van der Waals surface area contributed by atoms with Gasteiger partial charge in [-0.2, -0.15) is 5.26 Å². The average molecular weight is 362 g/mol. The first-order valence-corrected chi connectivity index (χ1v) is 8.18. The van der Waals surface area contributed by atoms with Crippen LogP contribution in [0.4, 0.5) is 4.39 Å². The molecule has 0 radical (unpaired) electrons. The van der Waals surface area contributed by atoms with Crippen LogP contribution in [0.1, 0.15) is 17.0 Å². The van der Waals surface area contributed by atoms with Crippen LogP contribution in [0.25, 0.3) is 11.3 Å². The van der Waals surface area contributed by atoms with Crippen LogP contribution in [-0.2, 0) is 0 Å². The Bertz CT molecular complexity index is 1080. The Morgan fingerprint density at radius 3 is 2.74 bits per heavy atom. The summed E-state index contributed by atoms with van der Waals surface area (Å²) in [4.78, 5) is 0. The van der Waals surface area contributed by atoms with Crippen LogP contribution >= 0.6 is 0 Å². The van der Waals surface area contributed by atoms with Crippen molar-refractivity contribution in [3.8, 4) is 29.0 Å². The molecule has 2 heterocycles. The third-order valence-electron chi connectivity index (χ3n) is 4.50. The molecule has 0 aliphatic carbocycles. The number of hydrogen-bond acceptors (Lipinski definition) is 5. The second kappa shape index (κ2) is 6.50. The predicted molar refractivity (Wildman–Crippen MR) is 96.3 cm³/mol. The number of nitrogens with one attached hydrogen (secondary N) is 1. The number of methoxy groups -OCH3 is 1. The molecule has 3 aromatic rings. The second-order valence-corrected chi connectivity index (χ2v) is 6.03. The van der Waals surface area contributed by atoms with E-state index in [0.717, 1.165) is 5.56 Å². The Morgan fingerprint density at radius 1 is 1.26 bits per heavy atom. The van der Waals surface area contributed by atoms with E-state index < -0.39 is 5.92 Å². The molecule has 0 spiro atoms. The zero-order valence-electron chi connectivity index (χ0n) is 14.4. The van der Waals surface area contributed by atoms with Crippen LogP contribution < -0.4 is 15.2 Å². The van der Waals surface area contributed by atoms with Crippen molar-refractivity contribution < 1.29 is 13.9 Å². The molecule has 1 aliphatic rings. The lowest BCUT2D eigenvalue weighted by Crippen LogP contribution is -2.21. The Labute approximate surface area is 154 Å². The largest absolute Gasteiger partial charge is 0.497 e. The van der Waals surface area contributed by atoms with Crippen molar-refractivity contribution in [1.82, 2.24) is 10.2 Å². The molecule has 0 bridgehead atoms. The van der Waals surface area contributed by atoms with E-state index in [2.05, 4.69) is 16.3 Å². The lowest BCUT2D eigenvalue weighted by molar-refractivity contribution is 0.379. The van der Waals surface area contributed by atoms with Crippen LogP contribution in [0, 0.1) is 17.1 Å². The molecule has 134 valence electrons. The molecule has 1 atom stereocenters. The first-order valence-electron chi connectivity index (χ1n) is 8.18. The summed E-state index contributed by atoms with van der Waals surface area (Å²) in [6.07, 6.45) is 0. The van der Waals surface area contributed by atoms with Gasteiger partial charge in [0, 0.05) is 5.56 Å². The Hall–Kier alpha value is -3.79. The molecule has 1 aliphatic heterocycles. The fraction of sp³-hybridized carbons (Fsp3) is 0.100. The maximum atomic E-state index is 13.4. The highest BCUT2D eigenvalue weighted by Crippen LogP contribution is 2.45. The standard InChI is InChI=1S/C20H15FN4O2/c1-26-14-4-2-3-12(9-14)18-17-16(11-5-7-13(21)8-6-11)15(10-22)19(23)27-20(17)25-24-18/h2-9,16H,23H2,1H3,(H,24,25). The Morgan fingerprint density at radius 2 is 2.04 bits per heavy atom. The van der Waals surface area contributed by atoms with Gasteiger partial charge in [-0.1, -0.05) is 24.3 Å². The van der Waals surface area contributed by atoms with E-state index in [-0.39, 0.29) is 17.3 Å². The Kier molecular flexibility index (Phi) is 4.01. The number of fused-ring (bicyclic) bond motifs is 1. The number of nitrogens with zero attached hydrogens (tertiary/aromatic N) is 2. The second-order valence-electron chi connectivity index (χ2n) is 6.03. The number of allylic oxidation sites excluding steroid dienone is 1. The lowest BCUT2D eigenvalue weighted by Gasteiger charge is -2.24. The van der Waals surface area contributed by atoms with E-state index >= 15 is 0 Å². The van der Waals surface area contributed by atoms with Crippen LogP contribution in [0.5, 0.6) is 11.6 Å². The normalized spacial score (nSPS) is 15.7. The molecular weight excluding hydrogens is 347 g/mol. The van der Waals surface area contributed by atoms with Gasteiger partial charge in [-0.3, -0.25) is 5.10 Å². The summed E-state index contributed by atoms with van der Waals surface area (Å²) < 4.78 is 24.3. The van der Waals surface area contributed by atoms with Crippen molar-refractivity contribution in [3.63, 3.8) is 0 Å². The zero-order chi connectivity index (χ0) is 19.0. The van der Waals surface area contributed by atoms with E-state index in [9.17, 15) is 9.65 Å². The molecule has 6 nitrogen and oxygen atoms in total. The minimum absolute atomic E-state index is 0.0111. The minimum Gasteiger partial charge on any atom is -0.497 e. The van der Waals surface area contributed by atoms with Gasteiger partial charge in [-0.15, -0.1) is 5.10 Å². The molecule has 27 heavy (non-hydrogen) atoms.